The van der Waals surface area contributed by atoms with E-state index in [1.807, 2.05) is 0 Å². The van der Waals surface area contributed by atoms with Crippen LogP contribution in [-0.4, -0.2) is 24.5 Å². The van der Waals surface area contributed by atoms with Crippen LogP contribution in [0.2, 0.25) is 0 Å². The first-order valence-electron chi connectivity index (χ1n) is 8.48. The highest BCUT2D eigenvalue weighted by Crippen LogP contribution is 2.22. The van der Waals surface area contributed by atoms with Gasteiger partial charge in [-0.25, -0.2) is 9.59 Å². The van der Waals surface area contributed by atoms with Gasteiger partial charge < -0.3 is 14.5 Å². The fourth-order valence-electron chi connectivity index (χ4n) is 3.12. The van der Waals surface area contributed by atoms with Gasteiger partial charge in [-0.15, -0.1) is 0 Å². The van der Waals surface area contributed by atoms with E-state index < -0.39 is 17.7 Å². The van der Waals surface area contributed by atoms with Gasteiger partial charge >= 0.3 is 11.6 Å². The van der Waals surface area contributed by atoms with Crippen molar-refractivity contribution in [1.29, 1.82) is 0 Å². The molecule has 0 bridgehead atoms. The van der Waals surface area contributed by atoms with Crippen LogP contribution in [0.1, 0.15) is 60.7 Å². The molecule has 6 nitrogen and oxygen atoms in total. The Bertz CT molecular complexity index is 632. The summed E-state index contributed by atoms with van der Waals surface area (Å²) in [6.45, 7) is 5.32. The van der Waals surface area contributed by atoms with Crippen LogP contribution >= 0.6 is 0 Å². The topological polar surface area (TPSA) is 85.6 Å². The molecule has 1 amide bonds. The number of rotatable bonds is 5. The molecule has 1 atom stereocenters. The lowest BCUT2D eigenvalue weighted by Gasteiger charge is -2.22. The first-order chi connectivity index (χ1) is 11.4. The highest BCUT2D eigenvalue weighted by Gasteiger charge is 2.23. The summed E-state index contributed by atoms with van der Waals surface area (Å²) in [7, 11) is 0. The molecule has 1 aromatic rings. The van der Waals surface area contributed by atoms with Crippen molar-refractivity contribution in [3.05, 3.63) is 33.4 Å². The zero-order valence-electron chi connectivity index (χ0n) is 14.5. The van der Waals surface area contributed by atoms with Gasteiger partial charge in [0.15, 0.2) is 6.10 Å². The number of carbonyl (C=O) groups excluding carboxylic acids is 2. The summed E-state index contributed by atoms with van der Waals surface area (Å²) < 4.78 is 10.1. The number of hydrogen-bond donors (Lipinski definition) is 1. The van der Waals surface area contributed by atoms with Crippen LogP contribution in [0.5, 0.6) is 0 Å². The van der Waals surface area contributed by atoms with Gasteiger partial charge in [0.2, 0.25) is 0 Å². The molecular formula is C18H25NO5. The lowest BCUT2D eigenvalue weighted by molar-refractivity contribution is -0.129. The fourth-order valence-corrected chi connectivity index (χ4v) is 3.12. The van der Waals surface area contributed by atoms with Gasteiger partial charge in [0.25, 0.3) is 5.91 Å². The van der Waals surface area contributed by atoms with Gasteiger partial charge in [-0.3, -0.25) is 4.79 Å². The largest absolute Gasteiger partial charge is 0.449 e. The van der Waals surface area contributed by atoms with E-state index in [9.17, 15) is 14.4 Å². The van der Waals surface area contributed by atoms with Gasteiger partial charge in [0, 0.05) is 12.6 Å². The van der Waals surface area contributed by atoms with Crippen molar-refractivity contribution in [2.75, 3.05) is 6.54 Å². The van der Waals surface area contributed by atoms with Crippen LogP contribution < -0.4 is 10.9 Å². The van der Waals surface area contributed by atoms with Crippen molar-refractivity contribution in [3.63, 3.8) is 0 Å². The molecule has 0 aliphatic heterocycles. The Hall–Kier alpha value is -2.11. The van der Waals surface area contributed by atoms with Gasteiger partial charge in [0.05, 0.1) is 0 Å². The van der Waals surface area contributed by atoms with E-state index in [-0.39, 0.29) is 17.2 Å². The smallest absolute Gasteiger partial charge is 0.342 e. The van der Waals surface area contributed by atoms with Crippen molar-refractivity contribution in [1.82, 2.24) is 5.32 Å². The van der Waals surface area contributed by atoms with Crippen LogP contribution in [-0.2, 0) is 9.53 Å². The van der Waals surface area contributed by atoms with E-state index in [1.165, 1.54) is 39.2 Å². The lowest BCUT2D eigenvalue weighted by atomic mass is 9.89. The van der Waals surface area contributed by atoms with Gasteiger partial charge in [-0.05, 0) is 45.1 Å². The third-order valence-corrected chi connectivity index (χ3v) is 4.48. The summed E-state index contributed by atoms with van der Waals surface area (Å²) in [4.78, 5) is 35.6. The van der Waals surface area contributed by atoms with E-state index in [4.69, 9.17) is 9.15 Å². The Kier molecular flexibility index (Phi) is 6.17. The van der Waals surface area contributed by atoms with Gasteiger partial charge in [0.1, 0.15) is 11.3 Å². The van der Waals surface area contributed by atoms with Crippen LogP contribution in [0.15, 0.2) is 15.3 Å². The van der Waals surface area contributed by atoms with E-state index in [2.05, 4.69) is 5.32 Å². The van der Waals surface area contributed by atoms with Gasteiger partial charge in [-0.1, -0.05) is 19.3 Å². The fraction of sp³-hybridized carbons (Fsp3) is 0.611. The first kappa shape index (κ1) is 18.2. The number of esters is 1. The van der Waals surface area contributed by atoms with Crippen LogP contribution in [0.3, 0.4) is 0 Å². The SMILES string of the molecule is Cc1cc(=O)oc(C)c1C(=O)OC(C)C(=O)NCC1CCCCC1. The quantitative estimate of drug-likeness (QED) is 0.836. The summed E-state index contributed by atoms with van der Waals surface area (Å²) in [6, 6.07) is 1.23. The molecule has 132 valence electrons. The maximum atomic E-state index is 12.3. The molecule has 1 aromatic heterocycles. The summed E-state index contributed by atoms with van der Waals surface area (Å²) in [5, 5.41) is 2.86. The molecule has 0 aromatic carbocycles. The maximum absolute atomic E-state index is 12.3. The number of ether oxygens (including phenoxy) is 1. The van der Waals surface area contributed by atoms with Crippen LogP contribution in [0.4, 0.5) is 0 Å². The zero-order valence-corrected chi connectivity index (χ0v) is 14.5. The van der Waals surface area contributed by atoms with E-state index in [0.717, 1.165) is 12.8 Å². The van der Waals surface area contributed by atoms with Crippen LogP contribution in [0.25, 0.3) is 0 Å². The summed E-state index contributed by atoms with van der Waals surface area (Å²) >= 11 is 0. The molecule has 1 aliphatic carbocycles. The molecule has 2 rings (SSSR count). The second-order valence-electron chi connectivity index (χ2n) is 6.48. The average molecular weight is 335 g/mol. The second kappa shape index (κ2) is 8.13. The van der Waals surface area contributed by atoms with E-state index in [1.54, 1.807) is 6.92 Å². The minimum Gasteiger partial charge on any atom is -0.449 e. The number of hydrogen-bond acceptors (Lipinski definition) is 5. The summed E-state index contributed by atoms with van der Waals surface area (Å²) in [6.07, 6.45) is 5.06. The molecule has 6 heteroatoms. The third-order valence-electron chi connectivity index (χ3n) is 4.48. The normalized spacial score (nSPS) is 16.5. The molecule has 0 radical (unpaired) electrons. The zero-order chi connectivity index (χ0) is 17.7. The molecule has 1 saturated carbocycles. The number of aryl methyl sites for hydroxylation is 2. The predicted octanol–water partition coefficient (Wildman–Crippen LogP) is 2.50. The second-order valence-corrected chi connectivity index (χ2v) is 6.48. The molecule has 1 heterocycles. The molecule has 0 saturated heterocycles. The monoisotopic (exact) mass is 335 g/mol. The first-order valence-corrected chi connectivity index (χ1v) is 8.48. The Morgan fingerprint density at radius 2 is 1.96 bits per heavy atom. The van der Waals surface area contributed by atoms with Crippen molar-refractivity contribution in [2.45, 2.75) is 59.0 Å². The number of amides is 1. The van der Waals surface area contributed by atoms with Gasteiger partial charge in [-0.2, -0.15) is 0 Å². The minimum atomic E-state index is -0.896. The molecular weight excluding hydrogens is 310 g/mol. The Morgan fingerprint density at radius 3 is 2.58 bits per heavy atom. The Labute approximate surface area is 141 Å². The summed E-state index contributed by atoms with van der Waals surface area (Å²) in [5.74, 6) is -0.256. The van der Waals surface area contributed by atoms with Crippen LogP contribution in [0, 0.1) is 19.8 Å². The molecule has 1 aliphatic rings. The van der Waals surface area contributed by atoms with E-state index in [0.29, 0.717) is 18.0 Å². The maximum Gasteiger partial charge on any atom is 0.342 e. The van der Waals surface area contributed by atoms with Crippen molar-refractivity contribution in [2.24, 2.45) is 5.92 Å². The third kappa shape index (κ3) is 4.69. The molecule has 0 spiro atoms. The van der Waals surface area contributed by atoms with Crippen molar-refractivity contribution >= 4 is 11.9 Å². The average Bonchev–Trinajstić information content (AvgIpc) is 2.52. The minimum absolute atomic E-state index is 0.194. The van der Waals surface area contributed by atoms with Crippen molar-refractivity contribution in [3.8, 4) is 0 Å². The van der Waals surface area contributed by atoms with Crippen molar-refractivity contribution < 1.29 is 18.7 Å². The Morgan fingerprint density at radius 1 is 1.29 bits per heavy atom. The number of carbonyl (C=O) groups is 2. The predicted molar refractivity (Wildman–Crippen MR) is 88.9 cm³/mol. The Balaban J connectivity index is 1.91. The summed E-state index contributed by atoms with van der Waals surface area (Å²) in [5.41, 5.74) is 0.157. The number of nitrogens with one attached hydrogen (secondary N) is 1. The highest BCUT2D eigenvalue weighted by atomic mass is 16.5. The standard InChI is InChI=1S/C18H25NO5/c1-11-9-15(20)23-12(2)16(11)18(22)24-13(3)17(21)19-10-14-7-5-4-6-8-14/h9,13-14H,4-8,10H2,1-3H3,(H,19,21). The molecule has 24 heavy (non-hydrogen) atoms. The molecule has 1 fully saturated rings. The lowest BCUT2D eigenvalue weighted by Crippen LogP contribution is -2.39. The van der Waals surface area contributed by atoms with E-state index >= 15 is 0 Å². The highest BCUT2D eigenvalue weighted by molar-refractivity contribution is 5.94. The molecule has 1 N–H and O–H groups in total. The molecule has 1 unspecified atom stereocenters.